The first-order valence-electron chi connectivity index (χ1n) is 5.81. The molecule has 0 bridgehead atoms. The number of alkyl halides is 1. The van der Waals surface area contributed by atoms with Crippen LogP contribution in [0.3, 0.4) is 0 Å². The molecule has 0 nitrogen and oxygen atoms in total. The molecule has 0 spiro atoms. The van der Waals surface area contributed by atoms with Gasteiger partial charge in [-0.3, -0.25) is 0 Å². The predicted molar refractivity (Wildman–Crippen MR) is 73.1 cm³/mol. The maximum absolute atomic E-state index is 6.10. The largest absolute Gasteiger partial charge is 0.130 e. The van der Waals surface area contributed by atoms with Gasteiger partial charge in [0.05, 0.1) is 8.80 Å². The molecule has 15 heavy (non-hydrogen) atoms. The first-order chi connectivity index (χ1) is 7.17. The Hall–Kier alpha value is -0.273. The van der Waals surface area contributed by atoms with E-state index in [4.69, 9.17) is 11.6 Å². The lowest BCUT2D eigenvalue weighted by Gasteiger charge is -2.13. The molecule has 0 aliphatic heterocycles. The van der Waals surface area contributed by atoms with Gasteiger partial charge in [0.25, 0.3) is 0 Å². The summed E-state index contributed by atoms with van der Waals surface area (Å²) in [6.45, 7) is 6.60. The first-order valence-corrected chi connectivity index (χ1v) is 8.56. The Morgan fingerprint density at radius 3 is 2.20 bits per heavy atom. The van der Waals surface area contributed by atoms with Gasteiger partial charge in [-0.25, -0.2) is 0 Å². The quantitative estimate of drug-likeness (QED) is 0.547. The van der Waals surface area contributed by atoms with Crippen LogP contribution in [-0.4, -0.2) is 14.3 Å². The van der Waals surface area contributed by atoms with Crippen molar-refractivity contribution in [1.82, 2.24) is 0 Å². The van der Waals surface area contributed by atoms with Crippen LogP contribution in [0.4, 0.5) is 0 Å². The van der Waals surface area contributed by atoms with Gasteiger partial charge in [0, 0.05) is 5.50 Å². The van der Waals surface area contributed by atoms with Crippen LogP contribution >= 0.6 is 11.6 Å². The first kappa shape index (κ1) is 12.8. The van der Waals surface area contributed by atoms with E-state index in [1.54, 1.807) is 5.19 Å². The van der Waals surface area contributed by atoms with Crippen molar-refractivity contribution in [1.29, 1.82) is 0 Å². The number of halogens is 1. The Labute approximate surface area is 100 Å². The van der Waals surface area contributed by atoms with Gasteiger partial charge in [-0.05, 0) is 13.8 Å². The van der Waals surface area contributed by atoms with Crippen LogP contribution < -0.4 is 5.19 Å². The van der Waals surface area contributed by atoms with Crippen LogP contribution in [0.15, 0.2) is 18.2 Å². The number of benzene rings is 1. The molecule has 0 saturated heterocycles. The van der Waals surface area contributed by atoms with E-state index in [9.17, 15) is 0 Å². The molecule has 0 fully saturated rings. The average molecular weight is 241 g/mol. The summed E-state index contributed by atoms with van der Waals surface area (Å²) in [6.07, 6.45) is 2.61. The van der Waals surface area contributed by atoms with Crippen molar-refractivity contribution in [3.63, 3.8) is 0 Å². The molecule has 0 saturated carbocycles. The zero-order valence-corrected chi connectivity index (χ0v) is 11.9. The summed E-state index contributed by atoms with van der Waals surface area (Å²) >= 11 is 6.10. The summed E-state index contributed by atoms with van der Waals surface area (Å²) in [4.78, 5) is 0. The van der Waals surface area contributed by atoms with Crippen LogP contribution in [-0.2, 0) is 0 Å². The van der Waals surface area contributed by atoms with Gasteiger partial charge < -0.3 is 0 Å². The molecule has 0 radical (unpaired) electrons. The van der Waals surface area contributed by atoms with E-state index >= 15 is 0 Å². The van der Waals surface area contributed by atoms with Crippen molar-refractivity contribution in [2.75, 3.05) is 5.50 Å². The molecule has 0 heterocycles. The van der Waals surface area contributed by atoms with Crippen LogP contribution in [0.1, 0.15) is 30.9 Å². The summed E-state index contributed by atoms with van der Waals surface area (Å²) < 4.78 is 0. The molecule has 1 aromatic carbocycles. The Morgan fingerprint density at radius 1 is 1.13 bits per heavy atom. The van der Waals surface area contributed by atoms with Gasteiger partial charge in [0.1, 0.15) is 0 Å². The van der Waals surface area contributed by atoms with Crippen LogP contribution in [0.2, 0.25) is 6.04 Å². The highest BCUT2D eigenvalue weighted by atomic mass is 35.5. The zero-order chi connectivity index (χ0) is 11.3. The van der Waals surface area contributed by atoms with Crippen molar-refractivity contribution in [3.05, 3.63) is 29.3 Å². The summed E-state index contributed by atoms with van der Waals surface area (Å²) in [5.41, 5.74) is 3.64. The summed E-state index contributed by atoms with van der Waals surface area (Å²) in [5.74, 6) is 0. The molecule has 0 aliphatic carbocycles. The summed E-state index contributed by atoms with van der Waals surface area (Å²) in [6, 6.07) is 8.26. The predicted octanol–water partition coefficient (Wildman–Crippen LogP) is 3.32. The lowest BCUT2D eigenvalue weighted by Crippen LogP contribution is -2.32. The highest BCUT2D eigenvalue weighted by Gasteiger charge is 2.12. The molecule has 1 unspecified atom stereocenters. The number of rotatable bonds is 5. The standard InChI is InChI=1S/C13H21ClSi/c1-4-5-6-15(10-14)13-8-11(2)7-12(3)9-13/h7-9,15H,4-6,10H2,1-3H3. The molecule has 0 aromatic heterocycles. The molecule has 1 rings (SSSR count). The van der Waals surface area contributed by atoms with E-state index < -0.39 is 8.80 Å². The minimum Gasteiger partial charge on any atom is -0.130 e. The van der Waals surface area contributed by atoms with E-state index in [2.05, 4.69) is 39.0 Å². The zero-order valence-electron chi connectivity index (χ0n) is 10.0. The number of hydrogen-bond donors (Lipinski definition) is 0. The molecule has 2 heteroatoms. The number of unbranched alkanes of at least 4 members (excludes halogenated alkanes) is 1. The maximum Gasteiger partial charge on any atom is 0.0867 e. The van der Waals surface area contributed by atoms with Crippen LogP contribution in [0, 0.1) is 13.8 Å². The van der Waals surface area contributed by atoms with Crippen LogP contribution in [0.25, 0.3) is 0 Å². The van der Waals surface area contributed by atoms with E-state index in [0.29, 0.717) is 0 Å². The molecular formula is C13H21ClSi. The fourth-order valence-electron chi connectivity index (χ4n) is 2.03. The SMILES string of the molecule is CCCC[SiH](CCl)c1cc(C)cc(C)c1. The van der Waals surface area contributed by atoms with Gasteiger partial charge in [0.2, 0.25) is 0 Å². The molecule has 1 aromatic rings. The average Bonchev–Trinajstić information content (AvgIpc) is 2.17. The highest BCUT2D eigenvalue weighted by molar-refractivity contribution is 6.79. The second kappa shape index (κ2) is 6.34. The Kier molecular flexibility index (Phi) is 5.41. The lowest BCUT2D eigenvalue weighted by atomic mass is 10.2. The van der Waals surface area contributed by atoms with E-state index in [1.807, 2.05) is 0 Å². The van der Waals surface area contributed by atoms with E-state index in [1.165, 1.54) is 30.0 Å². The molecule has 0 N–H and O–H groups in total. The molecule has 0 amide bonds. The Bertz CT molecular complexity index is 289. The minimum absolute atomic E-state index is 0.878. The van der Waals surface area contributed by atoms with Crippen molar-refractivity contribution < 1.29 is 0 Å². The van der Waals surface area contributed by atoms with Gasteiger partial charge >= 0.3 is 0 Å². The topological polar surface area (TPSA) is 0 Å². The second-order valence-corrected chi connectivity index (χ2v) is 8.29. The molecular weight excluding hydrogens is 220 g/mol. The number of aryl methyl sites for hydroxylation is 2. The minimum atomic E-state index is -0.880. The fourth-order valence-corrected chi connectivity index (χ4v) is 5.59. The second-order valence-electron chi connectivity index (χ2n) is 4.41. The Balaban J connectivity index is 2.81. The normalized spacial score (nSPS) is 12.8. The van der Waals surface area contributed by atoms with E-state index in [0.717, 1.165) is 5.50 Å². The van der Waals surface area contributed by atoms with Crippen molar-refractivity contribution >= 4 is 25.6 Å². The lowest BCUT2D eigenvalue weighted by molar-refractivity contribution is 0.876. The fraction of sp³-hybridized carbons (Fsp3) is 0.538. The van der Waals surface area contributed by atoms with Crippen LogP contribution in [0.5, 0.6) is 0 Å². The van der Waals surface area contributed by atoms with Gasteiger partial charge in [0.15, 0.2) is 0 Å². The summed E-state index contributed by atoms with van der Waals surface area (Å²) in [5, 5.41) is 1.55. The third kappa shape index (κ3) is 4.00. The molecule has 84 valence electrons. The van der Waals surface area contributed by atoms with E-state index in [-0.39, 0.29) is 0 Å². The number of hydrogen-bond acceptors (Lipinski definition) is 0. The summed E-state index contributed by atoms with van der Waals surface area (Å²) in [7, 11) is -0.880. The molecule has 1 atom stereocenters. The van der Waals surface area contributed by atoms with Crippen molar-refractivity contribution in [3.8, 4) is 0 Å². The smallest absolute Gasteiger partial charge is 0.0867 e. The van der Waals surface area contributed by atoms with Crippen molar-refractivity contribution in [2.45, 2.75) is 39.7 Å². The maximum atomic E-state index is 6.10. The van der Waals surface area contributed by atoms with Gasteiger partial charge in [-0.15, -0.1) is 11.6 Å². The monoisotopic (exact) mass is 240 g/mol. The third-order valence-electron chi connectivity index (χ3n) is 2.81. The van der Waals surface area contributed by atoms with Gasteiger partial charge in [-0.2, -0.15) is 0 Å². The van der Waals surface area contributed by atoms with Crippen molar-refractivity contribution in [2.24, 2.45) is 0 Å². The Morgan fingerprint density at radius 2 is 1.73 bits per heavy atom. The molecule has 0 aliphatic rings. The third-order valence-corrected chi connectivity index (χ3v) is 6.68. The highest BCUT2D eigenvalue weighted by Crippen LogP contribution is 2.07. The van der Waals surface area contributed by atoms with Gasteiger partial charge in [-0.1, -0.05) is 60.3 Å².